The molecule has 8 heteroatoms. The smallest absolute Gasteiger partial charge is 0.413 e. The van der Waals surface area contributed by atoms with E-state index in [2.05, 4.69) is 40.0 Å². The van der Waals surface area contributed by atoms with Crippen molar-refractivity contribution in [2.45, 2.75) is 52.1 Å². The van der Waals surface area contributed by atoms with E-state index >= 15 is 0 Å². The third-order valence-electron chi connectivity index (χ3n) is 2.52. The molecule has 94 valence electrons. The average molecular weight is 295 g/mol. The Hall–Kier alpha value is 0.708. The highest BCUT2D eigenvalue weighted by Gasteiger charge is 2.48. The first kappa shape index (κ1) is 14.8. The van der Waals surface area contributed by atoms with Gasteiger partial charge in [0.15, 0.2) is 0 Å². The fourth-order valence-electron chi connectivity index (χ4n) is 1.72. The van der Waals surface area contributed by atoms with Crippen molar-refractivity contribution in [1.82, 2.24) is 0 Å². The number of rotatable bonds is 2. The van der Waals surface area contributed by atoms with Crippen LogP contribution in [-0.2, 0) is 16.5 Å². The summed E-state index contributed by atoms with van der Waals surface area (Å²) in [4.78, 5) is 0. The maximum atomic E-state index is 6.30. The van der Waals surface area contributed by atoms with Crippen molar-refractivity contribution in [3.8, 4) is 0 Å². The van der Waals surface area contributed by atoms with Crippen molar-refractivity contribution in [2.24, 2.45) is 0 Å². The van der Waals surface area contributed by atoms with E-state index in [-0.39, 0.29) is 10.0 Å². The molecule has 0 aromatic heterocycles. The molecule has 4 nitrogen and oxygen atoms in total. The van der Waals surface area contributed by atoms with Crippen LogP contribution in [0.3, 0.4) is 0 Å². The molecule has 0 bridgehead atoms. The maximum Gasteiger partial charge on any atom is 0.413 e. The van der Waals surface area contributed by atoms with Crippen LogP contribution in [0.1, 0.15) is 13.8 Å². The van der Waals surface area contributed by atoms with Crippen LogP contribution in [0.5, 0.6) is 0 Å². The zero-order valence-electron chi connectivity index (χ0n) is 11.0. The summed E-state index contributed by atoms with van der Waals surface area (Å²) < 4.78 is 24.1. The zero-order chi connectivity index (χ0) is 12.4. The lowest BCUT2D eigenvalue weighted by Gasteiger charge is -2.43. The molecule has 16 heavy (non-hydrogen) atoms. The molecule has 0 aromatic carbocycles. The van der Waals surface area contributed by atoms with Crippen LogP contribution < -0.4 is 0 Å². The van der Waals surface area contributed by atoms with Gasteiger partial charge in [0.2, 0.25) is 0 Å². The Labute approximate surface area is 104 Å². The summed E-state index contributed by atoms with van der Waals surface area (Å²) in [6.07, 6.45) is 0. The summed E-state index contributed by atoms with van der Waals surface area (Å²) in [6, 6.07) is 1.93. The predicted molar refractivity (Wildman–Crippen MR) is 71.8 cm³/mol. The molecular formula is C8H22O4Si4. The molecule has 0 N–H and O–H groups in total. The summed E-state index contributed by atoms with van der Waals surface area (Å²) in [5.41, 5.74) is 0. The van der Waals surface area contributed by atoms with Gasteiger partial charge in [0.05, 0.1) is 0 Å². The minimum Gasteiger partial charge on any atom is -0.416 e. The molecule has 0 amide bonds. The highest BCUT2D eigenvalue weighted by Crippen LogP contribution is 2.29. The fraction of sp³-hybridized carbons (Fsp3) is 1.00. The summed E-state index contributed by atoms with van der Waals surface area (Å²) in [5.74, 6) is 0. The lowest BCUT2D eigenvalue weighted by atomic mass is 10.9. The van der Waals surface area contributed by atoms with Gasteiger partial charge in [-0.05, 0) is 38.3 Å². The quantitative estimate of drug-likeness (QED) is 0.733. The molecule has 0 unspecified atom stereocenters. The lowest BCUT2D eigenvalue weighted by molar-refractivity contribution is 0.253. The summed E-state index contributed by atoms with van der Waals surface area (Å²) in [7, 11) is -6.17. The van der Waals surface area contributed by atoms with Crippen LogP contribution >= 0.6 is 0 Å². The lowest BCUT2D eigenvalue weighted by Crippen LogP contribution is -2.60. The average Bonchev–Trinajstić information content (AvgIpc) is 2.13. The van der Waals surface area contributed by atoms with Crippen molar-refractivity contribution >= 4 is 35.7 Å². The highest BCUT2D eigenvalue weighted by molar-refractivity contribution is 6.88. The van der Waals surface area contributed by atoms with Crippen LogP contribution in [0.15, 0.2) is 0 Å². The first-order chi connectivity index (χ1) is 7.24. The first-order valence-electron chi connectivity index (χ1n) is 5.75. The summed E-state index contributed by atoms with van der Waals surface area (Å²) in [6.45, 7) is 12.6. The molecule has 1 aliphatic heterocycles. The normalized spacial score (nSPS) is 28.1. The van der Waals surface area contributed by atoms with Gasteiger partial charge < -0.3 is 16.5 Å². The maximum absolute atomic E-state index is 6.30. The molecule has 0 saturated carbocycles. The highest BCUT2D eigenvalue weighted by atomic mass is 28.5. The Morgan fingerprint density at radius 3 is 1.50 bits per heavy atom. The van der Waals surface area contributed by atoms with Crippen molar-refractivity contribution < 1.29 is 16.5 Å². The van der Waals surface area contributed by atoms with Crippen LogP contribution in [0.4, 0.5) is 0 Å². The van der Waals surface area contributed by atoms with Crippen LogP contribution in [-0.4, -0.2) is 35.7 Å². The molecule has 0 aliphatic carbocycles. The van der Waals surface area contributed by atoms with Crippen molar-refractivity contribution in [1.29, 1.82) is 0 Å². The second-order valence-corrected chi connectivity index (χ2v) is 17.2. The van der Waals surface area contributed by atoms with Crippen LogP contribution in [0.2, 0.25) is 38.3 Å². The number of hydrogen-bond acceptors (Lipinski definition) is 4. The van der Waals surface area contributed by atoms with Crippen LogP contribution in [0.25, 0.3) is 0 Å². The Morgan fingerprint density at radius 2 is 1.19 bits per heavy atom. The molecule has 0 spiro atoms. The van der Waals surface area contributed by atoms with E-state index in [4.69, 9.17) is 16.5 Å². The van der Waals surface area contributed by atoms with E-state index in [0.717, 1.165) is 12.1 Å². The van der Waals surface area contributed by atoms with Gasteiger partial charge in [0.25, 0.3) is 0 Å². The van der Waals surface area contributed by atoms with Gasteiger partial charge in [-0.15, -0.1) is 0 Å². The van der Waals surface area contributed by atoms with Gasteiger partial charge in [0.1, 0.15) is 0 Å². The van der Waals surface area contributed by atoms with Crippen LogP contribution in [0, 0.1) is 0 Å². The van der Waals surface area contributed by atoms with Gasteiger partial charge in [0, 0.05) is 0 Å². The van der Waals surface area contributed by atoms with Gasteiger partial charge >= 0.3 is 35.7 Å². The largest absolute Gasteiger partial charge is 0.416 e. The zero-order valence-corrected chi connectivity index (χ0v) is 15.0. The molecule has 1 rings (SSSR count). The monoisotopic (exact) mass is 294 g/mol. The molecule has 1 fully saturated rings. The first-order valence-corrected chi connectivity index (χ1v) is 14.4. The molecule has 0 atom stereocenters. The van der Waals surface area contributed by atoms with E-state index in [1.807, 2.05) is 0 Å². The molecule has 1 saturated heterocycles. The van der Waals surface area contributed by atoms with Gasteiger partial charge in [-0.1, -0.05) is 13.8 Å². The summed E-state index contributed by atoms with van der Waals surface area (Å²) in [5, 5.41) is 0. The van der Waals surface area contributed by atoms with E-state index in [0.29, 0.717) is 0 Å². The van der Waals surface area contributed by atoms with Gasteiger partial charge in [-0.2, -0.15) is 0 Å². The topological polar surface area (TPSA) is 36.9 Å². The van der Waals surface area contributed by atoms with E-state index in [9.17, 15) is 0 Å². The van der Waals surface area contributed by atoms with Crippen molar-refractivity contribution in [2.75, 3.05) is 0 Å². The summed E-state index contributed by atoms with van der Waals surface area (Å²) >= 11 is 0. The van der Waals surface area contributed by atoms with Gasteiger partial charge in [-0.3, -0.25) is 0 Å². The standard InChI is InChI=1S/C8H22O4Si4/c1-7-16(8-2)11-14(3,4)9-13-10-15(5,6)12-16/h7-8H2,1-6H3. The second-order valence-electron chi connectivity index (χ2n) is 4.91. The Kier molecular flexibility index (Phi) is 4.75. The van der Waals surface area contributed by atoms with E-state index in [1.54, 1.807) is 0 Å². The van der Waals surface area contributed by atoms with Gasteiger partial charge in [-0.25, -0.2) is 0 Å². The minimum atomic E-state index is -2.11. The van der Waals surface area contributed by atoms with Crippen molar-refractivity contribution in [3.05, 3.63) is 0 Å². The van der Waals surface area contributed by atoms with Crippen molar-refractivity contribution in [3.63, 3.8) is 0 Å². The number of hydrogen-bond donors (Lipinski definition) is 0. The molecule has 2 radical (unpaired) electrons. The molecule has 1 heterocycles. The minimum absolute atomic E-state index is 0.0676. The Balaban J connectivity index is 2.91. The second kappa shape index (κ2) is 5.14. The third kappa shape index (κ3) is 3.87. The van der Waals surface area contributed by atoms with E-state index < -0.39 is 25.7 Å². The SMILES string of the molecule is CC[Si]1(CC)O[Si](C)(C)O[Si]O[Si](C)(C)O1. The Bertz CT molecular complexity index is 222. The Morgan fingerprint density at radius 1 is 0.812 bits per heavy atom. The third-order valence-corrected chi connectivity index (χ3v) is 16.2. The van der Waals surface area contributed by atoms with E-state index in [1.165, 1.54) is 0 Å². The molecular weight excluding hydrogens is 272 g/mol. The fourth-order valence-corrected chi connectivity index (χ4v) is 15.5. The molecule has 1 aliphatic rings. The predicted octanol–water partition coefficient (Wildman–Crippen LogP) is 2.49. The molecule has 0 aromatic rings.